The van der Waals surface area contributed by atoms with Crippen molar-refractivity contribution in [1.29, 1.82) is 5.26 Å². The second-order valence-corrected chi connectivity index (χ2v) is 4.92. The molecule has 0 fully saturated rings. The van der Waals surface area contributed by atoms with Gasteiger partial charge in [0.15, 0.2) is 0 Å². The molecule has 0 saturated carbocycles. The third kappa shape index (κ3) is 2.39. The maximum Gasteiger partial charge on any atom is 0.142 e. The van der Waals surface area contributed by atoms with Gasteiger partial charge in [0.2, 0.25) is 0 Å². The van der Waals surface area contributed by atoms with E-state index in [1.54, 1.807) is 14.0 Å². The van der Waals surface area contributed by atoms with Crippen molar-refractivity contribution in [1.82, 2.24) is 9.78 Å². The predicted molar refractivity (Wildman–Crippen MR) is 67.6 cm³/mol. The van der Waals surface area contributed by atoms with Crippen molar-refractivity contribution in [2.24, 2.45) is 7.05 Å². The van der Waals surface area contributed by atoms with Gasteiger partial charge in [0.25, 0.3) is 0 Å². The summed E-state index contributed by atoms with van der Waals surface area (Å²) in [6.07, 6.45) is 0. The molecule has 0 aliphatic rings. The molecule has 19 heavy (non-hydrogen) atoms. The number of nitrogens with zero attached hydrogens (tertiary/aromatic N) is 3. The lowest BCUT2D eigenvalue weighted by atomic mass is 10.3. The van der Waals surface area contributed by atoms with Gasteiger partial charge >= 0.3 is 0 Å². The van der Waals surface area contributed by atoms with E-state index in [9.17, 15) is 8.78 Å². The van der Waals surface area contributed by atoms with Crippen LogP contribution in [-0.4, -0.2) is 9.78 Å². The van der Waals surface area contributed by atoms with Crippen LogP contribution in [0.4, 0.5) is 14.5 Å². The summed E-state index contributed by atoms with van der Waals surface area (Å²) < 4.78 is 28.9. The van der Waals surface area contributed by atoms with Gasteiger partial charge in [-0.2, -0.15) is 10.4 Å². The van der Waals surface area contributed by atoms with Crippen molar-refractivity contribution in [3.63, 3.8) is 0 Å². The molecule has 0 bridgehead atoms. The standard InChI is InChI=1S/C12H10F2N4S/c1-6-8(5-15)12(18(2)17-6)19-11-9(13)3-7(16)4-10(11)14/h3-4H,16H2,1-2H3. The Labute approximate surface area is 112 Å². The SMILES string of the molecule is Cc1nn(C)c(Sc2c(F)cc(N)cc2F)c1C#N. The van der Waals surface area contributed by atoms with Crippen LogP contribution < -0.4 is 5.73 Å². The molecule has 0 aliphatic heterocycles. The number of aromatic nitrogens is 2. The summed E-state index contributed by atoms with van der Waals surface area (Å²) in [7, 11) is 1.61. The number of rotatable bonds is 2. The second-order valence-electron chi connectivity index (χ2n) is 3.92. The third-order valence-electron chi connectivity index (χ3n) is 2.50. The highest BCUT2D eigenvalue weighted by Crippen LogP contribution is 2.35. The summed E-state index contributed by atoms with van der Waals surface area (Å²) in [5, 5.41) is 13.5. The first kappa shape index (κ1) is 13.4. The summed E-state index contributed by atoms with van der Waals surface area (Å²) in [5.41, 5.74) is 6.19. The Morgan fingerprint density at radius 3 is 2.47 bits per heavy atom. The topological polar surface area (TPSA) is 67.6 Å². The fourth-order valence-corrected chi connectivity index (χ4v) is 2.63. The van der Waals surface area contributed by atoms with Gasteiger partial charge in [-0.15, -0.1) is 0 Å². The Balaban J connectivity index is 2.51. The van der Waals surface area contributed by atoms with E-state index >= 15 is 0 Å². The molecule has 0 radical (unpaired) electrons. The Hall–Kier alpha value is -2.07. The van der Waals surface area contributed by atoms with Crippen LogP contribution in [0.1, 0.15) is 11.3 Å². The molecule has 0 unspecified atom stereocenters. The van der Waals surface area contributed by atoms with Crippen LogP contribution in [0.2, 0.25) is 0 Å². The number of halogens is 2. The fourth-order valence-electron chi connectivity index (χ4n) is 1.66. The summed E-state index contributed by atoms with van der Waals surface area (Å²) >= 11 is 0.821. The minimum Gasteiger partial charge on any atom is -0.399 e. The number of hydrogen-bond acceptors (Lipinski definition) is 4. The van der Waals surface area contributed by atoms with E-state index in [0.29, 0.717) is 16.3 Å². The zero-order valence-electron chi connectivity index (χ0n) is 10.2. The number of nitriles is 1. The third-order valence-corrected chi connectivity index (χ3v) is 3.76. The summed E-state index contributed by atoms with van der Waals surface area (Å²) in [5.74, 6) is -1.52. The zero-order chi connectivity index (χ0) is 14.2. The summed E-state index contributed by atoms with van der Waals surface area (Å²) in [6.45, 7) is 1.66. The molecule has 0 atom stereocenters. The smallest absolute Gasteiger partial charge is 0.142 e. The van der Waals surface area contributed by atoms with Crippen molar-refractivity contribution in [3.05, 3.63) is 35.0 Å². The minimum atomic E-state index is -0.759. The van der Waals surface area contributed by atoms with E-state index in [2.05, 4.69) is 5.10 Å². The van der Waals surface area contributed by atoms with Crippen LogP contribution in [0, 0.1) is 29.9 Å². The van der Waals surface area contributed by atoms with Gasteiger partial charge in [0, 0.05) is 12.7 Å². The number of aryl methyl sites for hydroxylation is 2. The molecule has 98 valence electrons. The van der Waals surface area contributed by atoms with Gasteiger partial charge in [-0.3, -0.25) is 4.68 Å². The van der Waals surface area contributed by atoms with Crippen LogP contribution in [0.15, 0.2) is 22.1 Å². The predicted octanol–water partition coefficient (Wildman–Crippen LogP) is 2.61. The van der Waals surface area contributed by atoms with Crippen LogP contribution >= 0.6 is 11.8 Å². The number of hydrogen-bond donors (Lipinski definition) is 1. The van der Waals surface area contributed by atoms with E-state index < -0.39 is 11.6 Å². The Kier molecular flexibility index (Phi) is 3.44. The molecule has 1 aromatic heterocycles. The Bertz CT molecular complexity index is 665. The molecule has 0 aliphatic carbocycles. The lowest BCUT2D eigenvalue weighted by Gasteiger charge is -2.06. The highest BCUT2D eigenvalue weighted by atomic mass is 32.2. The van der Waals surface area contributed by atoms with Gasteiger partial charge in [-0.25, -0.2) is 8.78 Å². The Morgan fingerprint density at radius 2 is 1.95 bits per heavy atom. The first-order chi connectivity index (χ1) is 8.93. The van der Waals surface area contributed by atoms with Crippen molar-refractivity contribution < 1.29 is 8.78 Å². The molecule has 0 spiro atoms. The average molecular weight is 280 g/mol. The number of anilines is 1. The lowest BCUT2D eigenvalue weighted by molar-refractivity contribution is 0.541. The van der Waals surface area contributed by atoms with Crippen LogP contribution in [0.25, 0.3) is 0 Å². The van der Waals surface area contributed by atoms with Gasteiger partial charge in [0.05, 0.1) is 10.6 Å². The minimum absolute atomic E-state index is 0.0149. The first-order valence-electron chi connectivity index (χ1n) is 5.30. The maximum atomic E-state index is 13.7. The van der Waals surface area contributed by atoms with Gasteiger partial charge < -0.3 is 5.73 Å². The lowest BCUT2D eigenvalue weighted by Crippen LogP contribution is -1.97. The molecule has 1 heterocycles. The largest absolute Gasteiger partial charge is 0.399 e. The van der Waals surface area contributed by atoms with Crippen molar-refractivity contribution >= 4 is 17.4 Å². The number of benzene rings is 1. The van der Waals surface area contributed by atoms with Gasteiger partial charge in [0.1, 0.15) is 28.3 Å². The van der Waals surface area contributed by atoms with Crippen molar-refractivity contribution in [3.8, 4) is 6.07 Å². The van der Waals surface area contributed by atoms with Crippen molar-refractivity contribution in [2.45, 2.75) is 16.8 Å². The molecule has 2 aromatic rings. The highest BCUT2D eigenvalue weighted by molar-refractivity contribution is 7.99. The fraction of sp³-hybridized carbons (Fsp3) is 0.167. The molecule has 1 aromatic carbocycles. The Morgan fingerprint density at radius 1 is 1.37 bits per heavy atom. The number of nitrogen functional groups attached to an aromatic ring is 1. The van der Waals surface area contributed by atoms with E-state index in [1.165, 1.54) is 4.68 Å². The first-order valence-corrected chi connectivity index (χ1v) is 6.11. The molecule has 4 nitrogen and oxygen atoms in total. The maximum absolute atomic E-state index is 13.7. The van der Waals surface area contributed by atoms with Crippen molar-refractivity contribution in [2.75, 3.05) is 5.73 Å². The van der Waals surface area contributed by atoms with E-state index in [0.717, 1.165) is 23.9 Å². The van der Waals surface area contributed by atoms with Gasteiger partial charge in [-0.1, -0.05) is 11.8 Å². The molecule has 0 saturated heterocycles. The van der Waals surface area contributed by atoms with Crippen LogP contribution in [-0.2, 0) is 7.05 Å². The molecule has 0 amide bonds. The van der Waals surface area contributed by atoms with Gasteiger partial charge in [-0.05, 0) is 19.1 Å². The average Bonchev–Trinajstić information content (AvgIpc) is 2.57. The highest BCUT2D eigenvalue weighted by Gasteiger charge is 2.19. The molecule has 2 rings (SSSR count). The molecule has 2 N–H and O–H groups in total. The monoisotopic (exact) mass is 280 g/mol. The molecular weight excluding hydrogens is 270 g/mol. The van der Waals surface area contributed by atoms with E-state index in [-0.39, 0.29) is 10.6 Å². The molecular formula is C12H10F2N4S. The normalized spacial score (nSPS) is 10.5. The molecule has 7 heteroatoms. The zero-order valence-corrected chi connectivity index (χ0v) is 11.1. The second kappa shape index (κ2) is 4.90. The number of nitrogens with two attached hydrogens (primary N) is 1. The summed E-state index contributed by atoms with van der Waals surface area (Å²) in [6, 6.07) is 4.07. The van der Waals surface area contributed by atoms with Crippen LogP contribution in [0.5, 0.6) is 0 Å². The van der Waals surface area contributed by atoms with E-state index in [4.69, 9.17) is 11.0 Å². The quantitative estimate of drug-likeness (QED) is 0.859. The summed E-state index contributed by atoms with van der Waals surface area (Å²) in [4.78, 5) is -0.200. The van der Waals surface area contributed by atoms with E-state index in [1.807, 2.05) is 6.07 Å². The van der Waals surface area contributed by atoms with Crippen LogP contribution in [0.3, 0.4) is 0 Å².